The van der Waals surface area contributed by atoms with Crippen LogP contribution >= 0.6 is 0 Å². The molecule has 0 radical (unpaired) electrons. The second kappa shape index (κ2) is 14.0. The highest BCUT2D eigenvalue weighted by Gasteiger charge is 2.24. The Morgan fingerprint density at radius 2 is 1.81 bits per heavy atom. The van der Waals surface area contributed by atoms with Gasteiger partial charge in [-0.2, -0.15) is 8.42 Å². The van der Waals surface area contributed by atoms with Gasteiger partial charge in [0.25, 0.3) is 15.9 Å². The van der Waals surface area contributed by atoms with E-state index in [1.54, 1.807) is 25.3 Å². The van der Waals surface area contributed by atoms with E-state index in [0.29, 0.717) is 35.7 Å². The number of pyridine rings is 3. The van der Waals surface area contributed by atoms with E-state index >= 15 is 0 Å². The van der Waals surface area contributed by atoms with Gasteiger partial charge in [-0.15, -0.1) is 0 Å². The molecule has 0 spiro atoms. The van der Waals surface area contributed by atoms with Crippen LogP contribution in [0.2, 0.25) is 0 Å². The third-order valence-electron chi connectivity index (χ3n) is 6.01. The third kappa shape index (κ3) is 8.56. The predicted octanol–water partition coefficient (Wildman–Crippen LogP) is 5.54. The Morgan fingerprint density at radius 3 is 2.55 bits per heavy atom. The van der Waals surface area contributed by atoms with E-state index in [1.165, 1.54) is 36.4 Å². The summed E-state index contributed by atoms with van der Waals surface area (Å²) in [6, 6.07) is 17.3. The zero-order chi connectivity index (χ0) is 30.1. The first-order valence-corrected chi connectivity index (χ1v) is 15.1. The molecule has 0 fully saturated rings. The van der Waals surface area contributed by atoms with E-state index in [-0.39, 0.29) is 29.0 Å². The molecule has 0 aliphatic rings. The zero-order valence-electron chi connectivity index (χ0n) is 23.7. The largest absolute Gasteiger partial charge is 0.493 e. The molecule has 0 saturated carbocycles. The smallest absolute Gasteiger partial charge is 0.281 e. The summed E-state index contributed by atoms with van der Waals surface area (Å²) in [7, 11) is -4.26. The average molecular weight is 593 g/mol. The zero-order valence-corrected chi connectivity index (χ0v) is 24.5. The van der Waals surface area contributed by atoms with Gasteiger partial charge in [0, 0.05) is 29.2 Å². The minimum Gasteiger partial charge on any atom is -0.493 e. The molecule has 0 unspecified atom stereocenters. The Bertz CT molecular complexity index is 1630. The van der Waals surface area contributed by atoms with Crippen LogP contribution < -0.4 is 14.2 Å². The molecule has 1 N–H and O–H groups in total. The summed E-state index contributed by atoms with van der Waals surface area (Å²) in [4.78, 5) is 26.0. The SMILES string of the molecule is Cc1cccc(S(=O)(=O)NC(=O)c2ccc(-c3cc(F)cc(OCC(C)C)c3)nc2OCCCCc2ccccn2)n1. The number of nitrogens with one attached hydrogen (secondary N) is 1. The monoisotopic (exact) mass is 592 g/mol. The highest BCUT2D eigenvalue weighted by atomic mass is 32.2. The number of amides is 1. The number of ether oxygens (including phenoxy) is 2. The molecule has 3 aromatic heterocycles. The molecule has 0 bridgehead atoms. The van der Waals surface area contributed by atoms with Crippen LogP contribution in [0.1, 0.15) is 48.4 Å². The molecule has 0 atom stereocenters. The molecule has 0 aliphatic heterocycles. The van der Waals surface area contributed by atoms with Gasteiger partial charge in [-0.1, -0.05) is 26.0 Å². The van der Waals surface area contributed by atoms with Crippen LogP contribution in [0.5, 0.6) is 11.6 Å². The van der Waals surface area contributed by atoms with Gasteiger partial charge in [0.15, 0.2) is 5.03 Å². The molecule has 1 amide bonds. The number of hydrogen-bond acceptors (Lipinski definition) is 8. The van der Waals surface area contributed by atoms with Crippen molar-refractivity contribution in [1.29, 1.82) is 0 Å². The molecule has 42 heavy (non-hydrogen) atoms. The van der Waals surface area contributed by atoms with Crippen LogP contribution in [0.15, 0.2) is 78.0 Å². The Labute approximate surface area is 245 Å². The summed E-state index contributed by atoms with van der Waals surface area (Å²) in [5, 5.41) is -0.286. The quantitative estimate of drug-likeness (QED) is 0.201. The summed E-state index contributed by atoms with van der Waals surface area (Å²) in [6.07, 6.45) is 3.88. The lowest BCUT2D eigenvalue weighted by atomic mass is 10.1. The number of rotatable bonds is 13. The highest BCUT2D eigenvalue weighted by molar-refractivity contribution is 7.90. The standard InChI is InChI=1S/C31H33FN4O5S/c1-21(2)20-41-26-18-23(17-24(32)19-26)28-14-13-27(30(37)36-42(38,39)29-12-8-9-22(3)34-29)31(35-28)40-16-7-5-11-25-10-4-6-15-33-25/h4,6,8-10,12-15,17-19,21H,5,7,11,16,20H2,1-3H3,(H,36,37). The van der Waals surface area contributed by atoms with Gasteiger partial charge in [-0.3, -0.25) is 9.78 Å². The number of carbonyl (C=O) groups is 1. The molecule has 4 aromatic rings. The van der Waals surface area contributed by atoms with Gasteiger partial charge in [-0.25, -0.2) is 19.1 Å². The topological polar surface area (TPSA) is 120 Å². The van der Waals surface area contributed by atoms with Crippen LogP contribution in [0, 0.1) is 18.7 Å². The maximum atomic E-state index is 14.5. The molecular weight excluding hydrogens is 559 g/mol. The molecule has 9 nitrogen and oxygen atoms in total. The molecule has 0 saturated heterocycles. The molecular formula is C31H33FN4O5S. The number of sulfonamides is 1. The first kappa shape index (κ1) is 30.6. The van der Waals surface area contributed by atoms with Crippen LogP contribution in [0.4, 0.5) is 4.39 Å². The second-order valence-electron chi connectivity index (χ2n) is 10.1. The Morgan fingerprint density at radius 1 is 0.976 bits per heavy atom. The first-order chi connectivity index (χ1) is 20.1. The van der Waals surface area contributed by atoms with Crippen LogP contribution in [-0.4, -0.2) is 42.5 Å². The van der Waals surface area contributed by atoms with Crippen molar-refractivity contribution < 1.29 is 27.1 Å². The number of hydrogen-bond donors (Lipinski definition) is 1. The molecule has 3 heterocycles. The maximum absolute atomic E-state index is 14.5. The summed E-state index contributed by atoms with van der Waals surface area (Å²) in [5.74, 6) is -0.929. The molecule has 11 heteroatoms. The summed E-state index contributed by atoms with van der Waals surface area (Å²) >= 11 is 0. The lowest BCUT2D eigenvalue weighted by molar-refractivity contribution is 0.0976. The Balaban J connectivity index is 1.58. The number of aryl methyl sites for hydroxylation is 2. The number of benzene rings is 1. The van der Waals surface area contributed by atoms with Crippen LogP contribution in [0.3, 0.4) is 0 Å². The van der Waals surface area contributed by atoms with Crippen molar-refractivity contribution in [3.05, 3.63) is 95.7 Å². The minimum absolute atomic E-state index is 0.0795. The summed E-state index contributed by atoms with van der Waals surface area (Å²) < 4.78 is 53.9. The predicted molar refractivity (Wildman–Crippen MR) is 156 cm³/mol. The normalized spacial score (nSPS) is 11.4. The van der Waals surface area contributed by atoms with E-state index < -0.39 is 21.7 Å². The van der Waals surface area contributed by atoms with Crippen LogP contribution in [0.25, 0.3) is 11.3 Å². The van der Waals surface area contributed by atoms with E-state index in [2.05, 4.69) is 15.0 Å². The van der Waals surface area contributed by atoms with Crippen molar-refractivity contribution in [2.45, 2.75) is 45.1 Å². The molecule has 1 aromatic carbocycles. The van der Waals surface area contributed by atoms with Gasteiger partial charge in [0.1, 0.15) is 17.1 Å². The van der Waals surface area contributed by atoms with Crippen molar-refractivity contribution in [3.8, 4) is 22.9 Å². The lowest BCUT2D eigenvalue weighted by Crippen LogP contribution is -2.31. The first-order valence-electron chi connectivity index (χ1n) is 13.6. The van der Waals surface area contributed by atoms with Gasteiger partial charge in [0.2, 0.25) is 5.88 Å². The number of carbonyl (C=O) groups excluding carboxylic acids is 1. The van der Waals surface area contributed by atoms with Gasteiger partial charge in [-0.05, 0) is 80.6 Å². The van der Waals surface area contributed by atoms with Gasteiger partial charge >= 0.3 is 0 Å². The summed E-state index contributed by atoms with van der Waals surface area (Å²) in [5.41, 5.74) is 2.09. The van der Waals surface area contributed by atoms with E-state index in [1.807, 2.05) is 36.8 Å². The maximum Gasteiger partial charge on any atom is 0.281 e. The Hall–Kier alpha value is -4.38. The molecule has 220 valence electrons. The van der Waals surface area contributed by atoms with Gasteiger partial charge < -0.3 is 9.47 Å². The van der Waals surface area contributed by atoms with E-state index in [0.717, 1.165) is 18.5 Å². The number of halogens is 1. The number of nitrogens with zero attached hydrogens (tertiary/aromatic N) is 3. The molecule has 0 aliphatic carbocycles. The Kier molecular flexibility index (Phi) is 10.2. The second-order valence-corrected chi connectivity index (χ2v) is 11.7. The number of unbranched alkanes of at least 4 members (excludes halogenated alkanes) is 1. The number of aromatic nitrogens is 3. The van der Waals surface area contributed by atoms with Crippen molar-refractivity contribution >= 4 is 15.9 Å². The summed E-state index contributed by atoms with van der Waals surface area (Å²) in [6.45, 7) is 6.24. The van der Waals surface area contributed by atoms with E-state index in [4.69, 9.17) is 9.47 Å². The third-order valence-corrected chi connectivity index (χ3v) is 7.24. The fourth-order valence-corrected chi connectivity index (χ4v) is 4.94. The fraction of sp³-hybridized carbons (Fsp3) is 0.290. The van der Waals surface area contributed by atoms with Crippen molar-refractivity contribution in [1.82, 2.24) is 19.7 Å². The fourth-order valence-electron chi connectivity index (χ4n) is 3.96. The van der Waals surface area contributed by atoms with E-state index in [9.17, 15) is 17.6 Å². The van der Waals surface area contributed by atoms with Gasteiger partial charge in [0.05, 0.1) is 18.9 Å². The molecule has 4 rings (SSSR count). The van der Waals surface area contributed by atoms with Crippen molar-refractivity contribution in [2.75, 3.05) is 13.2 Å². The highest BCUT2D eigenvalue weighted by Crippen LogP contribution is 2.28. The lowest BCUT2D eigenvalue weighted by Gasteiger charge is -2.14. The van der Waals surface area contributed by atoms with Crippen LogP contribution in [-0.2, 0) is 16.4 Å². The average Bonchev–Trinajstić information content (AvgIpc) is 2.96. The minimum atomic E-state index is -4.26. The van der Waals surface area contributed by atoms with Crippen molar-refractivity contribution in [2.24, 2.45) is 5.92 Å². The van der Waals surface area contributed by atoms with Crippen molar-refractivity contribution in [3.63, 3.8) is 0 Å².